The van der Waals surface area contributed by atoms with E-state index < -0.39 is 5.54 Å². The third-order valence-electron chi connectivity index (χ3n) is 7.24. The molecule has 0 spiro atoms. The van der Waals surface area contributed by atoms with Gasteiger partial charge in [0.2, 0.25) is 12.7 Å². The Bertz CT molecular complexity index is 1240. The predicted octanol–water partition coefficient (Wildman–Crippen LogP) is 3.95. The number of nitrogens with zero attached hydrogens (tertiary/aromatic N) is 2. The van der Waals surface area contributed by atoms with E-state index in [-0.39, 0.29) is 31.2 Å². The maximum Gasteiger partial charge on any atom is 0.271 e. The second-order valence-corrected chi connectivity index (χ2v) is 9.47. The fourth-order valence-corrected chi connectivity index (χ4v) is 5.29. The molecule has 176 valence electrons. The van der Waals surface area contributed by atoms with Crippen molar-refractivity contribution in [3.05, 3.63) is 60.0 Å². The van der Waals surface area contributed by atoms with Gasteiger partial charge in [-0.05, 0) is 61.7 Å². The van der Waals surface area contributed by atoms with Crippen LogP contribution in [0.15, 0.2) is 53.1 Å². The molecule has 4 heterocycles. The first kappa shape index (κ1) is 20.9. The number of carbonyl (C=O) groups excluding carboxylic acids is 2. The number of aromatic nitrogens is 1. The monoisotopic (exact) mass is 461 g/mol. The Morgan fingerprint density at radius 3 is 2.68 bits per heavy atom. The van der Waals surface area contributed by atoms with Gasteiger partial charge < -0.3 is 28.7 Å². The minimum Gasteiger partial charge on any atom is -0.463 e. The molecule has 0 radical (unpaired) electrons. The van der Waals surface area contributed by atoms with Crippen LogP contribution >= 0.6 is 0 Å². The lowest BCUT2D eigenvalue weighted by Gasteiger charge is -2.44. The van der Waals surface area contributed by atoms with E-state index >= 15 is 0 Å². The summed E-state index contributed by atoms with van der Waals surface area (Å²) in [4.78, 5) is 29.3. The normalized spacial score (nSPS) is 21.7. The van der Waals surface area contributed by atoms with Gasteiger partial charge in [0, 0.05) is 12.6 Å². The molecule has 2 aliphatic heterocycles. The van der Waals surface area contributed by atoms with E-state index in [4.69, 9.17) is 13.9 Å². The van der Waals surface area contributed by atoms with Crippen LogP contribution in [0.2, 0.25) is 0 Å². The summed E-state index contributed by atoms with van der Waals surface area (Å²) in [5, 5.41) is 3.23. The molecule has 1 aromatic carbocycles. The van der Waals surface area contributed by atoms with Gasteiger partial charge in [0.1, 0.15) is 17.0 Å². The minimum absolute atomic E-state index is 0.127. The van der Waals surface area contributed by atoms with Crippen molar-refractivity contribution >= 4 is 11.8 Å². The van der Waals surface area contributed by atoms with Crippen LogP contribution in [0.1, 0.15) is 48.7 Å². The van der Waals surface area contributed by atoms with Crippen LogP contribution in [0, 0.1) is 0 Å². The van der Waals surface area contributed by atoms with Crippen LogP contribution in [-0.4, -0.2) is 39.7 Å². The first-order valence-electron chi connectivity index (χ1n) is 11.8. The molecule has 1 N–H and O–H groups in total. The first-order chi connectivity index (χ1) is 16.5. The Kier molecular flexibility index (Phi) is 4.90. The molecule has 3 aromatic rings. The number of benzene rings is 1. The molecule has 1 atom stereocenters. The highest BCUT2D eigenvalue weighted by Gasteiger charge is 2.48. The number of furan rings is 1. The molecule has 2 amide bonds. The van der Waals surface area contributed by atoms with Gasteiger partial charge in [0.05, 0.1) is 18.5 Å². The van der Waals surface area contributed by atoms with Crippen LogP contribution in [0.3, 0.4) is 0 Å². The quantitative estimate of drug-likeness (QED) is 0.622. The maximum absolute atomic E-state index is 13.8. The summed E-state index contributed by atoms with van der Waals surface area (Å²) in [7, 11) is 0. The maximum atomic E-state index is 13.8. The van der Waals surface area contributed by atoms with Gasteiger partial charge in [0.25, 0.3) is 5.91 Å². The standard InChI is InChI=1S/C26H27N3O5/c1-26(25(31)27-18-5-2-3-6-18)15-28-19(21-7-4-12-32-21)9-10-20(28)24(30)29(26)14-17-8-11-22-23(13-17)34-16-33-22/h4,7-13,18H,2-3,5-6,14-16H2,1H3,(H,27,31)/t26-/m1/s1. The zero-order valence-electron chi connectivity index (χ0n) is 19.1. The molecule has 0 unspecified atom stereocenters. The summed E-state index contributed by atoms with van der Waals surface area (Å²) in [5.41, 5.74) is 1.13. The third kappa shape index (κ3) is 3.36. The van der Waals surface area contributed by atoms with E-state index in [1.807, 2.05) is 47.9 Å². The third-order valence-corrected chi connectivity index (χ3v) is 7.24. The van der Waals surface area contributed by atoms with Crippen LogP contribution in [0.4, 0.5) is 0 Å². The van der Waals surface area contributed by atoms with Gasteiger partial charge in [-0.25, -0.2) is 0 Å². The van der Waals surface area contributed by atoms with Gasteiger partial charge in [-0.1, -0.05) is 18.9 Å². The summed E-state index contributed by atoms with van der Waals surface area (Å²) in [6, 6.07) is 13.2. The molecule has 3 aliphatic rings. The molecule has 6 rings (SSSR count). The van der Waals surface area contributed by atoms with Crippen molar-refractivity contribution in [1.82, 2.24) is 14.8 Å². The van der Waals surface area contributed by atoms with Crippen molar-refractivity contribution < 1.29 is 23.5 Å². The minimum atomic E-state index is -1.08. The summed E-state index contributed by atoms with van der Waals surface area (Å²) < 4.78 is 18.5. The predicted molar refractivity (Wildman–Crippen MR) is 123 cm³/mol. The SMILES string of the molecule is C[C@]1(C(=O)NC2CCCC2)Cn2c(ccc2-c2ccco2)C(=O)N1Cc1ccc2c(c1)OCO2. The van der Waals surface area contributed by atoms with Crippen LogP contribution in [-0.2, 0) is 17.9 Å². The zero-order valence-corrected chi connectivity index (χ0v) is 19.1. The summed E-state index contributed by atoms with van der Waals surface area (Å²) in [6.45, 7) is 2.66. The average molecular weight is 462 g/mol. The Balaban J connectivity index is 1.38. The molecular formula is C26H27N3O5. The highest BCUT2D eigenvalue weighted by atomic mass is 16.7. The van der Waals surface area contributed by atoms with E-state index in [1.165, 1.54) is 0 Å². The first-order valence-corrected chi connectivity index (χ1v) is 11.8. The van der Waals surface area contributed by atoms with E-state index in [9.17, 15) is 9.59 Å². The lowest BCUT2D eigenvalue weighted by molar-refractivity contribution is -0.133. The number of ether oxygens (including phenoxy) is 2. The largest absolute Gasteiger partial charge is 0.463 e. The molecule has 1 aliphatic carbocycles. The summed E-state index contributed by atoms with van der Waals surface area (Å²) in [5.74, 6) is 1.70. The topological polar surface area (TPSA) is 85.9 Å². The van der Waals surface area contributed by atoms with Crippen LogP contribution in [0.5, 0.6) is 11.5 Å². The molecule has 8 heteroatoms. The van der Waals surface area contributed by atoms with Gasteiger partial charge in [0.15, 0.2) is 11.5 Å². The molecule has 0 bridgehead atoms. The molecule has 2 aromatic heterocycles. The number of hydrogen-bond acceptors (Lipinski definition) is 5. The Hall–Kier alpha value is -3.68. The van der Waals surface area contributed by atoms with Crippen molar-refractivity contribution in [3.8, 4) is 23.0 Å². The van der Waals surface area contributed by atoms with E-state index in [2.05, 4.69) is 5.32 Å². The molecule has 1 fully saturated rings. The van der Waals surface area contributed by atoms with Crippen molar-refractivity contribution in [2.24, 2.45) is 0 Å². The lowest BCUT2D eigenvalue weighted by Crippen LogP contribution is -2.64. The lowest BCUT2D eigenvalue weighted by atomic mass is 9.93. The fraction of sp³-hybridized carbons (Fsp3) is 0.385. The van der Waals surface area contributed by atoms with Gasteiger partial charge in [-0.2, -0.15) is 0 Å². The van der Waals surface area contributed by atoms with E-state index in [1.54, 1.807) is 17.2 Å². The summed E-state index contributed by atoms with van der Waals surface area (Å²) >= 11 is 0. The fourth-order valence-electron chi connectivity index (χ4n) is 5.29. The van der Waals surface area contributed by atoms with Gasteiger partial charge in [-0.3, -0.25) is 9.59 Å². The second-order valence-electron chi connectivity index (χ2n) is 9.47. The van der Waals surface area contributed by atoms with Crippen molar-refractivity contribution in [3.63, 3.8) is 0 Å². The number of carbonyl (C=O) groups is 2. The number of hydrogen-bond donors (Lipinski definition) is 1. The van der Waals surface area contributed by atoms with Crippen LogP contribution < -0.4 is 14.8 Å². The zero-order chi connectivity index (χ0) is 23.3. The molecule has 8 nitrogen and oxygen atoms in total. The van der Waals surface area contributed by atoms with Gasteiger partial charge in [-0.15, -0.1) is 0 Å². The van der Waals surface area contributed by atoms with Crippen molar-refractivity contribution in [2.75, 3.05) is 6.79 Å². The number of fused-ring (bicyclic) bond motifs is 2. The van der Waals surface area contributed by atoms with Crippen molar-refractivity contribution in [1.29, 1.82) is 0 Å². The molecular weight excluding hydrogens is 434 g/mol. The number of amides is 2. The second kappa shape index (κ2) is 7.97. The smallest absolute Gasteiger partial charge is 0.271 e. The average Bonchev–Trinajstić information content (AvgIpc) is 3.63. The van der Waals surface area contributed by atoms with E-state index in [0.717, 1.165) is 36.9 Å². The van der Waals surface area contributed by atoms with Crippen LogP contribution in [0.25, 0.3) is 11.5 Å². The Morgan fingerprint density at radius 2 is 1.88 bits per heavy atom. The molecule has 34 heavy (non-hydrogen) atoms. The molecule has 0 saturated heterocycles. The summed E-state index contributed by atoms with van der Waals surface area (Å²) in [6.07, 6.45) is 5.80. The van der Waals surface area contributed by atoms with Crippen molar-refractivity contribution in [2.45, 2.75) is 57.3 Å². The number of nitrogens with one attached hydrogen (secondary N) is 1. The van der Waals surface area contributed by atoms with Gasteiger partial charge >= 0.3 is 0 Å². The highest BCUT2D eigenvalue weighted by molar-refractivity contribution is 6.00. The Morgan fingerprint density at radius 1 is 1.09 bits per heavy atom. The highest BCUT2D eigenvalue weighted by Crippen LogP contribution is 2.37. The molecule has 1 saturated carbocycles. The number of rotatable bonds is 5. The Labute approximate surface area is 197 Å². The van der Waals surface area contributed by atoms with E-state index in [0.29, 0.717) is 29.5 Å².